The number of thiol groups is 1. The van der Waals surface area contributed by atoms with Crippen LogP contribution in [0.25, 0.3) is 10.8 Å². The van der Waals surface area contributed by atoms with Crippen LogP contribution in [0.1, 0.15) is 13.8 Å². The molecule has 0 N–H and O–H groups in total. The van der Waals surface area contributed by atoms with Crippen molar-refractivity contribution in [2.24, 2.45) is 5.41 Å². The van der Waals surface area contributed by atoms with Gasteiger partial charge in [0.05, 0.1) is 16.9 Å². The lowest BCUT2D eigenvalue weighted by Gasteiger charge is -2.22. The molecule has 4 nitrogen and oxygen atoms in total. The molecule has 5 heteroatoms. The third-order valence-electron chi connectivity index (χ3n) is 3.10. The monoisotopic (exact) mass is 291 g/mol. The zero-order valence-corrected chi connectivity index (χ0v) is 12.4. The average molecular weight is 291 g/mol. The first kappa shape index (κ1) is 14.7. The Hall–Kier alpha value is -1.75. The minimum Gasteiger partial charge on any atom is -0.492 e. The maximum Gasteiger partial charge on any atom is 0.277 e. The molecule has 106 valence electrons. The number of fused-ring (bicyclic) bond motifs is 1. The number of nitrogens with zero attached hydrogens (tertiary/aromatic N) is 1. The lowest BCUT2D eigenvalue weighted by molar-refractivity contribution is -0.383. The minimum atomic E-state index is -0.371. The number of hydrogen-bond acceptors (Lipinski definition) is 4. The van der Waals surface area contributed by atoms with Gasteiger partial charge in [0.15, 0.2) is 0 Å². The Morgan fingerprint density at radius 2 is 1.85 bits per heavy atom. The van der Waals surface area contributed by atoms with Crippen LogP contribution in [0.3, 0.4) is 0 Å². The van der Waals surface area contributed by atoms with E-state index in [4.69, 9.17) is 4.74 Å². The fourth-order valence-corrected chi connectivity index (χ4v) is 1.95. The van der Waals surface area contributed by atoms with E-state index in [0.29, 0.717) is 23.5 Å². The van der Waals surface area contributed by atoms with Crippen LogP contribution < -0.4 is 4.74 Å². The highest BCUT2D eigenvalue weighted by Gasteiger charge is 2.19. The summed E-state index contributed by atoms with van der Waals surface area (Å²) in [6.07, 6.45) is 0. The standard InChI is InChI=1S/C15H17NO3S/c1-15(2,10-20)9-19-14-8-7-13(16(17)18)11-5-3-4-6-12(11)14/h3-8,20H,9-10H2,1-2H3. The van der Waals surface area contributed by atoms with Gasteiger partial charge in [0.1, 0.15) is 5.75 Å². The van der Waals surface area contributed by atoms with Gasteiger partial charge in [0.25, 0.3) is 5.69 Å². The smallest absolute Gasteiger partial charge is 0.277 e. The Morgan fingerprint density at radius 3 is 2.45 bits per heavy atom. The third-order valence-corrected chi connectivity index (χ3v) is 3.96. The molecule has 20 heavy (non-hydrogen) atoms. The first-order chi connectivity index (χ1) is 9.44. The van der Waals surface area contributed by atoms with Gasteiger partial charge in [0.2, 0.25) is 0 Å². The molecule has 0 aliphatic rings. The summed E-state index contributed by atoms with van der Waals surface area (Å²) in [6.45, 7) is 4.64. The van der Waals surface area contributed by atoms with E-state index < -0.39 is 0 Å². The lowest BCUT2D eigenvalue weighted by Crippen LogP contribution is -2.23. The molecule has 0 aromatic heterocycles. The number of non-ortho nitro benzene ring substituents is 1. The summed E-state index contributed by atoms with van der Waals surface area (Å²) in [4.78, 5) is 10.7. The summed E-state index contributed by atoms with van der Waals surface area (Å²) in [5.74, 6) is 1.37. The summed E-state index contributed by atoms with van der Waals surface area (Å²) in [7, 11) is 0. The van der Waals surface area contributed by atoms with Crippen molar-refractivity contribution in [1.82, 2.24) is 0 Å². The highest BCUT2D eigenvalue weighted by Crippen LogP contribution is 2.33. The highest BCUT2D eigenvalue weighted by atomic mass is 32.1. The van der Waals surface area contributed by atoms with Crippen molar-refractivity contribution in [2.75, 3.05) is 12.4 Å². The first-order valence-corrected chi connectivity index (χ1v) is 6.98. The second kappa shape index (κ2) is 5.71. The van der Waals surface area contributed by atoms with E-state index in [-0.39, 0.29) is 16.0 Å². The molecule has 2 aromatic rings. The fraction of sp³-hybridized carbons (Fsp3) is 0.333. The number of ether oxygens (including phenoxy) is 1. The first-order valence-electron chi connectivity index (χ1n) is 6.34. The van der Waals surface area contributed by atoms with E-state index in [2.05, 4.69) is 26.5 Å². The van der Waals surface area contributed by atoms with Crippen molar-refractivity contribution in [3.8, 4) is 5.75 Å². The highest BCUT2D eigenvalue weighted by molar-refractivity contribution is 7.80. The van der Waals surface area contributed by atoms with Gasteiger partial charge in [-0.05, 0) is 17.9 Å². The van der Waals surface area contributed by atoms with Crippen LogP contribution in [0.5, 0.6) is 5.75 Å². The van der Waals surface area contributed by atoms with Gasteiger partial charge in [0, 0.05) is 16.9 Å². The molecule has 0 saturated heterocycles. The second-order valence-corrected chi connectivity index (χ2v) is 5.81. The van der Waals surface area contributed by atoms with E-state index in [0.717, 1.165) is 5.39 Å². The van der Waals surface area contributed by atoms with Crippen molar-refractivity contribution in [3.05, 3.63) is 46.5 Å². The molecular weight excluding hydrogens is 274 g/mol. The van der Waals surface area contributed by atoms with Crippen LogP contribution >= 0.6 is 12.6 Å². The second-order valence-electron chi connectivity index (χ2n) is 5.50. The van der Waals surface area contributed by atoms with Crippen LogP contribution in [0.2, 0.25) is 0 Å². The summed E-state index contributed by atoms with van der Waals surface area (Å²) in [6, 6.07) is 10.4. The van der Waals surface area contributed by atoms with E-state index in [1.165, 1.54) is 6.07 Å². The van der Waals surface area contributed by atoms with Crippen LogP contribution in [0, 0.1) is 15.5 Å². The van der Waals surface area contributed by atoms with Crippen molar-refractivity contribution in [2.45, 2.75) is 13.8 Å². The van der Waals surface area contributed by atoms with E-state index in [1.54, 1.807) is 18.2 Å². The minimum absolute atomic E-state index is 0.0496. The van der Waals surface area contributed by atoms with Crippen molar-refractivity contribution in [1.29, 1.82) is 0 Å². The summed E-state index contributed by atoms with van der Waals surface area (Å²) < 4.78 is 5.84. The van der Waals surface area contributed by atoms with Crippen LogP contribution in [-0.4, -0.2) is 17.3 Å². The van der Waals surface area contributed by atoms with Crippen molar-refractivity contribution >= 4 is 29.1 Å². The van der Waals surface area contributed by atoms with Gasteiger partial charge in [-0.15, -0.1) is 0 Å². The zero-order valence-electron chi connectivity index (χ0n) is 11.5. The third kappa shape index (κ3) is 3.04. The van der Waals surface area contributed by atoms with Crippen molar-refractivity contribution < 1.29 is 9.66 Å². The van der Waals surface area contributed by atoms with Gasteiger partial charge in [-0.2, -0.15) is 12.6 Å². The molecule has 0 amide bonds. The number of benzene rings is 2. The molecule has 0 aliphatic carbocycles. The summed E-state index contributed by atoms with van der Waals surface area (Å²) in [5.41, 5.74) is 0.0489. The van der Waals surface area contributed by atoms with E-state index in [9.17, 15) is 10.1 Å². The SMILES string of the molecule is CC(C)(CS)COc1ccc([N+](=O)[O-])c2ccccc12. The van der Waals surface area contributed by atoms with Crippen LogP contribution in [0.15, 0.2) is 36.4 Å². The molecule has 2 aromatic carbocycles. The Balaban J connectivity index is 2.41. The molecule has 0 saturated carbocycles. The van der Waals surface area contributed by atoms with E-state index >= 15 is 0 Å². The molecule has 0 fully saturated rings. The molecule has 2 rings (SSSR count). The summed E-state index contributed by atoms with van der Waals surface area (Å²) >= 11 is 4.30. The Labute approximate surface area is 123 Å². The number of nitro groups is 1. The van der Waals surface area contributed by atoms with Gasteiger partial charge in [-0.1, -0.05) is 32.0 Å². The molecule has 0 heterocycles. The molecule has 0 spiro atoms. The average Bonchev–Trinajstić information content (AvgIpc) is 2.44. The molecule has 0 unspecified atom stereocenters. The topological polar surface area (TPSA) is 52.4 Å². The number of nitro benzene ring substituents is 1. The van der Waals surface area contributed by atoms with Gasteiger partial charge in [-0.3, -0.25) is 10.1 Å². The quantitative estimate of drug-likeness (QED) is 0.513. The lowest BCUT2D eigenvalue weighted by atomic mass is 9.98. The van der Waals surface area contributed by atoms with Crippen molar-refractivity contribution in [3.63, 3.8) is 0 Å². The predicted octanol–water partition coefficient (Wildman–Crippen LogP) is 4.08. The maximum atomic E-state index is 11.0. The fourth-order valence-electron chi connectivity index (χ4n) is 1.86. The Bertz CT molecular complexity index is 640. The van der Waals surface area contributed by atoms with Gasteiger partial charge < -0.3 is 4.74 Å². The van der Waals surface area contributed by atoms with E-state index in [1.807, 2.05) is 12.1 Å². The normalized spacial score (nSPS) is 11.6. The molecule has 0 atom stereocenters. The van der Waals surface area contributed by atoms with Crippen LogP contribution in [-0.2, 0) is 0 Å². The number of hydrogen-bond donors (Lipinski definition) is 1. The molecular formula is C15H17NO3S. The largest absolute Gasteiger partial charge is 0.492 e. The summed E-state index contributed by atoms with van der Waals surface area (Å²) in [5, 5.41) is 12.4. The Kier molecular flexibility index (Phi) is 4.18. The van der Waals surface area contributed by atoms with Gasteiger partial charge >= 0.3 is 0 Å². The molecule has 0 aliphatic heterocycles. The number of rotatable bonds is 5. The predicted molar refractivity (Wildman–Crippen MR) is 83.7 cm³/mol. The molecule has 0 bridgehead atoms. The maximum absolute atomic E-state index is 11.0. The van der Waals surface area contributed by atoms with Crippen LogP contribution in [0.4, 0.5) is 5.69 Å². The molecule has 0 radical (unpaired) electrons. The Morgan fingerprint density at radius 1 is 1.20 bits per heavy atom. The van der Waals surface area contributed by atoms with Gasteiger partial charge in [-0.25, -0.2) is 0 Å². The zero-order chi connectivity index (χ0) is 14.8.